The number of aromatic nitrogens is 7. The summed E-state index contributed by atoms with van der Waals surface area (Å²) in [5.74, 6) is 4.26. The van der Waals surface area contributed by atoms with E-state index in [-0.39, 0.29) is 50.7 Å². The molecule has 5 heterocycles. The number of ether oxygens (including phenoxy) is 11. The van der Waals surface area contributed by atoms with Crippen LogP contribution in [0.15, 0.2) is 66.9 Å². The van der Waals surface area contributed by atoms with E-state index in [1.165, 1.54) is 34.8 Å². The quantitative estimate of drug-likeness (QED) is 0.0106. The molecule has 1 aliphatic heterocycles. The van der Waals surface area contributed by atoms with Crippen molar-refractivity contribution in [2.24, 2.45) is 11.7 Å². The maximum Gasteiger partial charge on any atom is 0.408 e. The number of carbonyl (C=O) groups is 5. The Hall–Kier alpha value is -9.16. The van der Waals surface area contributed by atoms with E-state index in [2.05, 4.69) is 63.9 Å². The maximum absolute atomic E-state index is 15.7. The average molecular weight is 1600 g/mol. The van der Waals surface area contributed by atoms with Gasteiger partial charge in [-0.2, -0.15) is 0 Å². The van der Waals surface area contributed by atoms with E-state index >= 15 is 4.39 Å². The number of nitrogens with zero attached hydrogens (tertiary/aromatic N) is 9. The highest BCUT2D eigenvalue weighted by Crippen LogP contribution is 2.39. The number of thiazole rings is 2. The number of amides is 5. The van der Waals surface area contributed by atoms with Crippen LogP contribution in [0.25, 0.3) is 10.2 Å². The lowest BCUT2D eigenvalue weighted by Gasteiger charge is -2.29. The summed E-state index contributed by atoms with van der Waals surface area (Å²) in [5, 5.41) is 43.4. The monoisotopic (exact) mass is 1600 g/mol. The van der Waals surface area contributed by atoms with Crippen LogP contribution in [0, 0.1) is 30.5 Å². The number of carboxylic acid groups (broad SMARTS) is 1. The van der Waals surface area contributed by atoms with Crippen LogP contribution in [0.2, 0.25) is 0 Å². The van der Waals surface area contributed by atoms with E-state index in [1.807, 2.05) is 56.3 Å². The lowest BCUT2D eigenvalue weighted by molar-refractivity contribution is -0.896. The van der Waals surface area contributed by atoms with Crippen molar-refractivity contribution in [1.82, 2.24) is 51.1 Å². The SMILES string of the molecule is COCCOCCOCCOCCOCCOCCOCCOCCn1cc(COCc2cc(NC(=O)[C@H](CCCNC(N)=O)NC(=O)[C@@H](NC(=O)OC(C)(C)C)C(C)C)ccc2C[N+](C)(C)CC#Cc2ccc(OCCCc3sc(N4CCCc5c4nnc(Nc4nc6ccccc6s4)c5C)nc3C(=O)O)c(F)c2)nn1. The molecule has 610 valence electrons. The highest BCUT2D eigenvalue weighted by Gasteiger charge is 2.32. The number of carbonyl (C=O) groups excluding carboxylic acids is 4. The number of aromatic carboxylic acids is 1. The van der Waals surface area contributed by atoms with Gasteiger partial charge in [0, 0.05) is 53.0 Å². The summed E-state index contributed by atoms with van der Waals surface area (Å²) in [5.41, 5.74) is 10.2. The zero-order valence-electron chi connectivity index (χ0n) is 65.4. The van der Waals surface area contributed by atoms with Crippen molar-refractivity contribution in [2.75, 3.05) is 162 Å². The molecule has 0 saturated heterocycles. The molecule has 0 aliphatic carbocycles. The Kier molecular flexibility index (Phi) is 36.4. The summed E-state index contributed by atoms with van der Waals surface area (Å²) >= 11 is 2.81. The normalized spacial score (nSPS) is 12.8. The zero-order chi connectivity index (χ0) is 80.3. The van der Waals surface area contributed by atoms with Crippen LogP contribution in [0.5, 0.6) is 5.75 Å². The van der Waals surface area contributed by atoms with Crippen molar-refractivity contribution in [3.05, 3.63) is 117 Å². The van der Waals surface area contributed by atoms with E-state index in [4.69, 9.17) is 62.8 Å². The molecule has 0 radical (unpaired) electrons. The number of primary amides is 1. The first-order valence-electron chi connectivity index (χ1n) is 37.4. The van der Waals surface area contributed by atoms with E-state index in [9.17, 15) is 29.1 Å². The summed E-state index contributed by atoms with van der Waals surface area (Å²) in [7, 11) is 5.63. The first-order chi connectivity index (χ1) is 53.9. The van der Waals surface area contributed by atoms with Crippen LogP contribution in [-0.2, 0) is 96.1 Å². The van der Waals surface area contributed by atoms with Gasteiger partial charge in [-0.15, -0.1) is 26.6 Å². The molecule has 32 nitrogen and oxygen atoms in total. The number of nitrogens with one attached hydrogen (secondary N) is 5. The van der Waals surface area contributed by atoms with Crippen molar-refractivity contribution in [3.8, 4) is 17.6 Å². The lowest BCUT2D eigenvalue weighted by Crippen LogP contribution is -2.55. The Bertz CT molecular complexity index is 4170. The fourth-order valence-corrected chi connectivity index (χ4v) is 13.4. The topological polar surface area (TPSA) is 379 Å². The van der Waals surface area contributed by atoms with Crippen LogP contribution in [-0.4, -0.2) is 239 Å². The Morgan fingerprint density at radius 2 is 1.44 bits per heavy atom. The van der Waals surface area contributed by atoms with E-state index in [0.717, 1.165) is 45.3 Å². The molecule has 0 spiro atoms. The number of anilines is 5. The number of fused-ring (bicyclic) bond motifs is 2. The van der Waals surface area contributed by atoms with Crippen molar-refractivity contribution >= 4 is 90.4 Å². The Morgan fingerprint density at radius 1 is 0.759 bits per heavy atom. The van der Waals surface area contributed by atoms with Crippen LogP contribution in [0.4, 0.5) is 41.6 Å². The van der Waals surface area contributed by atoms with E-state index in [1.54, 1.807) is 70.8 Å². The molecule has 4 aromatic heterocycles. The maximum atomic E-state index is 15.7. The van der Waals surface area contributed by atoms with Gasteiger partial charge in [-0.25, -0.2) is 33.4 Å². The highest BCUT2D eigenvalue weighted by atomic mass is 32.1. The van der Waals surface area contributed by atoms with Gasteiger partial charge in [0.1, 0.15) is 36.5 Å². The number of urea groups is 1. The van der Waals surface area contributed by atoms with E-state index < -0.39 is 59.3 Å². The number of hydrogen-bond donors (Lipinski definition) is 7. The minimum Gasteiger partial charge on any atom is -0.491 e. The number of carboxylic acids is 1. The smallest absolute Gasteiger partial charge is 0.408 e. The molecule has 0 saturated carbocycles. The van der Waals surface area contributed by atoms with Gasteiger partial charge in [0.25, 0.3) is 0 Å². The van der Waals surface area contributed by atoms with Crippen LogP contribution >= 0.6 is 22.7 Å². The fourth-order valence-electron chi connectivity index (χ4n) is 11.4. The van der Waals surface area contributed by atoms with Crippen LogP contribution in [0.3, 0.4) is 0 Å². The molecule has 3 aromatic carbocycles. The van der Waals surface area contributed by atoms with Gasteiger partial charge < -0.3 is 98.9 Å². The average Bonchev–Trinajstić information content (AvgIpc) is 1.41. The molecule has 8 N–H and O–H groups in total. The van der Waals surface area contributed by atoms with Gasteiger partial charge >= 0.3 is 18.1 Å². The predicted octanol–water partition coefficient (Wildman–Crippen LogP) is 8.65. The molecule has 5 amide bonds. The molecule has 0 bridgehead atoms. The number of halogens is 1. The Labute approximate surface area is 660 Å². The molecule has 35 heteroatoms. The number of methoxy groups -OCH3 is 1. The number of rotatable bonds is 50. The number of benzene rings is 3. The third kappa shape index (κ3) is 30.4. The first kappa shape index (κ1) is 88.4. The second kappa shape index (κ2) is 46.1. The molecule has 1 aliphatic rings. The summed E-state index contributed by atoms with van der Waals surface area (Å²) in [6.07, 6.45) is 3.60. The number of para-hydroxylation sites is 1. The van der Waals surface area contributed by atoms with Gasteiger partial charge in [0.15, 0.2) is 39.2 Å². The zero-order valence-corrected chi connectivity index (χ0v) is 67.0. The number of nitrogens with two attached hydrogens (primary N) is 1. The minimum atomic E-state index is -1.15. The van der Waals surface area contributed by atoms with Crippen LogP contribution in [0.1, 0.15) is 109 Å². The second-order valence-corrected chi connectivity index (χ2v) is 30.2. The molecular formula is C77H107FN15O17S2+. The number of hydrogen-bond acceptors (Lipinski definition) is 26. The summed E-state index contributed by atoms with van der Waals surface area (Å²) < 4.78 is 80.2. The fraction of sp³-hybridized carbons (Fsp3) is 0.545. The van der Waals surface area contributed by atoms with Crippen molar-refractivity contribution in [1.29, 1.82) is 0 Å². The second-order valence-electron chi connectivity index (χ2n) is 28.1. The van der Waals surface area contributed by atoms with Gasteiger partial charge in [-0.05, 0) is 126 Å². The summed E-state index contributed by atoms with van der Waals surface area (Å²) in [4.78, 5) is 76.9. The summed E-state index contributed by atoms with van der Waals surface area (Å²) in [6.45, 7) is 19.6. The van der Waals surface area contributed by atoms with E-state index in [0.29, 0.717) is 186 Å². The third-order valence-electron chi connectivity index (χ3n) is 17.0. The largest absolute Gasteiger partial charge is 0.491 e. The standard InChI is InChI=1S/C77H106FN15O17S2/c1-52(2)66(85-76(99)110-77(4,5)6)71(95)82-62(19-12-26-80-73(79)98)70(94)81-57-24-23-55(56(47-57)50-108-51-58-48-91(90-87-58)28-31-101-34-35-103-38-39-105-42-43-107-45-44-106-41-40-104-37-36-102-33-32-100-9)49-93(7,8)29-14-16-54-22-25-63(60(78)46-54)109-30-15-21-65-67(72(96)97)84-75(112-65)92-27-13-17-59-53(3)68(88-89-69(59)92)86-74-83-61-18-10-11-20-64(61)111-74/h10-11,18,20,22-25,46-48,52,62,66H,12-13,15,17,19,21,26-45,49-51H2,1-9H3,(H7-,79,80,81,82,83,85,86,88,94,95,96,97,98,99)/p+1/t62-,66-/m0/s1. The van der Waals surface area contributed by atoms with Gasteiger partial charge in [0.05, 0.1) is 156 Å². The summed E-state index contributed by atoms with van der Waals surface area (Å²) in [6, 6.07) is 14.9. The number of quaternary nitrogens is 1. The van der Waals surface area contributed by atoms with Crippen LogP contribution < -0.4 is 42.0 Å². The Morgan fingerprint density at radius 3 is 2.08 bits per heavy atom. The molecule has 2 atom stereocenters. The highest BCUT2D eigenvalue weighted by molar-refractivity contribution is 7.22. The molecule has 7 aromatic rings. The molecule has 0 fully saturated rings. The van der Waals surface area contributed by atoms with Crippen molar-refractivity contribution < 1.29 is 90.1 Å². The number of alkyl carbamates (subject to hydrolysis) is 1. The molecule has 0 unspecified atom stereocenters. The van der Waals surface area contributed by atoms with Crippen molar-refractivity contribution in [3.63, 3.8) is 0 Å². The van der Waals surface area contributed by atoms with Crippen molar-refractivity contribution in [2.45, 2.75) is 124 Å². The lowest BCUT2D eigenvalue weighted by atomic mass is 10.0. The third-order valence-corrected chi connectivity index (χ3v) is 19.1. The number of aryl methyl sites for hydroxylation is 1. The Balaban J connectivity index is 0.830. The predicted molar refractivity (Wildman–Crippen MR) is 420 cm³/mol. The van der Waals surface area contributed by atoms with Gasteiger partial charge in [-0.3, -0.25) is 9.59 Å². The molecule has 112 heavy (non-hydrogen) atoms. The first-order valence-corrected chi connectivity index (χ1v) is 39.0. The molecular weight excluding hydrogens is 1490 g/mol. The molecule has 8 rings (SSSR count). The van der Waals surface area contributed by atoms with Gasteiger partial charge in [0.2, 0.25) is 11.8 Å². The minimum absolute atomic E-state index is 0.0276. The van der Waals surface area contributed by atoms with Gasteiger partial charge in [-0.1, -0.05) is 54.5 Å².